The average Bonchev–Trinajstić information content (AvgIpc) is 2.64. The molecule has 0 N–H and O–H groups in total. The Morgan fingerprint density at radius 1 is 1.24 bits per heavy atom. The maximum atomic E-state index is 13.5. The Morgan fingerprint density at radius 2 is 1.94 bits per heavy atom. The summed E-state index contributed by atoms with van der Waals surface area (Å²) in [5, 5.41) is 0. The first-order valence-corrected chi connectivity index (χ1v) is 5.60. The van der Waals surface area contributed by atoms with E-state index in [-0.39, 0.29) is 24.1 Å². The second-order valence-electron chi connectivity index (χ2n) is 4.30. The van der Waals surface area contributed by atoms with Gasteiger partial charge >= 0.3 is 5.69 Å². The van der Waals surface area contributed by atoms with E-state index in [1.807, 2.05) is 13.8 Å². The van der Waals surface area contributed by atoms with E-state index in [2.05, 4.69) is 0 Å². The summed E-state index contributed by atoms with van der Waals surface area (Å²) >= 11 is 0. The Hall–Kier alpha value is -1.84. The van der Waals surface area contributed by atoms with Crippen LogP contribution in [0.25, 0.3) is 0 Å². The molecule has 1 aromatic carbocycles. The van der Waals surface area contributed by atoms with E-state index in [0.717, 1.165) is 0 Å². The smallest absolute Gasteiger partial charge is 0.297 e. The summed E-state index contributed by atoms with van der Waals surface area (Å²) in [4.78, 5) is 11.9. The summed E-state index contributed by atoms with van der Waals surface area (Å²) in [6, 6.07) is 6.61. The van der Waals surface area contributed by atoms with Crippen LogP contribution < -0.4 is 5.69 Å². The van der Waals surface area contributed by atoms with Gasteiger partial charge in [0.15, 0.2) is 0 Å². The van der Waals surface area contributed by atoms with E-state index in [1.165, 1.54) is 10.6 Å². The lowest BCUT2D eigenvalue weighted by Crippen LogP contribution is -2.25. The zero-order valence-corrected chi connectivity index (χ0v) is 9.93. The molecule has 1 aromatic heterocycles. The van der Waals surface area contributed by atoms with Crippen LogP contribution in [-0.4, -0.2) is 9.13 Å². The Balaban J connectivity index is 2.32. The number of benzene rings is 1. The van der Waals surface area contributed by atoms with Crippen molar-refractivity contribution in [2.75, 3.05) is 0 Å². The van der Waals surface area contributed by atoms with Crippen molar-refractivity contribution >= 4 is 0 Å². The van der Waals surface area contributed by atoms with Gasteiger partial charge in [0, 0.05) is 24.0 Å². The van der Waals surface area contributed by atoms with Crippen molar-refractivity contribution in [3.63, 3.8) is 0 Å². The molecule has 0 saturated heterocycles. The second-order valence-corrected chi connectivity index (χ2v) is 4.30. The predicted octanol–water partition coefficient (Wildman–Crippen LogP) is 2.42. The summed E-state index contributed by atoms with van der Waals surface area (Å²) in [5.74, 6) is -0.281. The van der Waals surface area contributed by atoms with E-state index < -0.39 is 0 Å². The first-order valence-electron chi connectivity index (χ1n) is 5.60. The maximum Gasteiger partial charge on any atom is 0.328 e. The number of hydrogen-bond donors (Lipinski definition) is 0. The van der Waals surface area contributed by atoms with Crippen LogP contribution in [-0.2, 0) is 6.54 Å². The minimum atomic E-state index is -0.281. The molecule has 4 heteroatoms. The fraction of sp³-hybridized carbons (Fsp3) is 0.308. The molecule has 0 unspecified atom stereocenters. The standard InChI is InChI=1S/C13H15FN2O/c1-10(2)16-8-7-15(13(16)17)9-11-5-3-4-6-12(11)14/h3-8,10H,9H2,1-2H3. The van der Waals surface area contributed by atoms with Crippen LogP contribution in [0.1, 0.15) is 25.5 Å². The quantitative estimate of drug-likeness (QED) is 0.801. The van der Waals surface area contributed by atoms with Crippen molar-refractivity contribution in [1.29, 1.82) is 0 Å². The topological polar surface area (TPSA) is 26.9 Å². The van der Waals surface area contributed by atoms with Crippen LogP contribution in [0.5, 0.6) is 0 Å². The van der Waals surface area contributed by atoms with Crippen molar-refractivity contribution in [3.05, 3.63) is 58.5 Å². The normalized spacial score (nSPS) is 11.1. The van der Waals surface area contributed by atoms with Crippen molar-refractivity contribution in [1.82, 2.24) is 9.13 Å². The minimum absolute atomic E-state index is 0.108. The van der Waals surface area contributed by atoms with Gasteiger partial charge in [0.2, 0.25) is 0 Å². The SMILES string of the molecule is CC(C)n1ccn(Cc2ccccc2F)c1=O. The first-order chi connectivity index (χ1) is 8.09. The monoisotopic (exact) mass is 234 g/mol. The highest BCUT2D eigenvalue weighted by Gasteiger charge is 2.08. The molecule has 0 amide bonds. The van der Waals surface area contributed by atoms with Crippen molar-refractivity contribution in [2.45, 2.75) is 26.4 Å². The van der Waals surface area contributed by atoms with Crippen LogP contribution in [0, 0.1) is 5.82 Å². The fourth-order valence-corrected chi connectivity index (χ4v) is 1.75. The van der Waals surface area contributed by atoms with Crippen molar-refractivity contribution in [2.24, 2.45) is 0 Å². The molecule has 17 heavy (non-hydrogen) atoms. The molecule has 0 radical (unpaired) electrons. The van der Waals surface area contributed by atoms with Crippen LogP contribution in [0.3, 0.4) is 0 Å². The van der Waals surface area contributed by atoms with Crippen LogP contribution in [0.15, 0.2) is 41.5 Å². The zero-order valence-electron chi connectivity index (χ0n) is 9.93. The first kappa shape index (κ1) is 11.6. The van der Waals surface area contributed by atoms with E-state index in [0.29, 0.717) is 5.56 Å². The highest BCUT2D eigenvalue weighted by atomic mass is 19.1. The molecule has 0 fully saturated rings. The van der Waals surface area contributed by atoms with Gasteiger partial charge < -0.3 is 0 Å². The lowest BCUT2D eigenvalue weighted by atomic mass is 10.2. The van der Waals surface area contributed by atoms with E-state index in [9.17, 15) is 9.18 Å². The van der Waals surface area contributed by atoms with Gasteiger partial charge in [-0.1, -0.05) is 18.2 Å². The van der Waals surface area contributed by atoms with Gasteiger partial charge in [0.25, 0.3) is 0 Å². The number of nitrogens with zero attached hydrogens (tertiary/aromatic N) is 2. The molecule has 0 atom stereocenters. The number of hydrogen-bond acceptors (Lipinski definition) is 1. The molecule has 0 aliphatic carbocycles. The summed E-state index contributed by atoms with van der Waals surface area (Å²) in [5.41, 5.74) is 0.416. The second kappa shape index (κ2) is 4.57. The highest BCUT2D eigenvalue weighted by Crippen LogP contribution is 2.08. The van der Waals surface area contributed by atoms with Gasteiger partial charge in [-0.15, -0.1) is 0 Å². The predicted molar refractivity (Wildman–Crippen MR) is 64.6 cm³/mol. The van der Waals surface area contributed by atoms with Crippen molar-refractivity contribution in [3.8, 4) is 0 Å². The molecule has 0 aliphatic heterocycles. The molecule has 0 saturated carbocycles. The number of halogens is 1. The number of rotatable bonds is 3. The highest BCUT2D eigenvalue weighted by molar-refractivity contribution is 5.17. The van der Waals surface area contributed by atoms with E-state index in [4.69, 9.17) is 0 Å². The van der Waals surface area contributed by atoms with Crippen molar-refractivity contribution < 1.29 is 4.39 Å². The third kappa shape index (κ3) is 2.30. The number of imidazole rings is 1. The van der Waals surface area contributed by atoms with Gasteiger partial charge in [-0.25, -0.2) is 9.18 Å². The summed E-state index contributed by atoms with van der Waals surface area (Å²) in [6.07, 6.45) is 3.42. The maximum absolute atomic E-state index is 13.5. The summed E-state index contributed by atoms with van der Waals surface area (Å²) in [7, 11) is 0. The van der Waals surface area contributed by atoms with Gasteiger partial charge in [0.1, 0.15) is 5.82 Å². The third-order valence-electron chi connectivity index (χ3n) is 2.73. The lowest BCUT2D eigenvalue weighted by Gasteiger charge is -2.05. The molecule has 1 heterocycles. The Kier molecular flexibility index (Phi) is 3.13. The Labute approximate surface area is 99.1 Å². The van der Waals surface area contributed by atoms with E-state index in [1.54, 1.807) is 35.2 Å². The molecule has 0 spiro atoms. The lowest BCUT2D eigenvalue weighted by molar-refractivity contribution is 0.553. The van der Waals surface area contributed by atoms with Gasteiger partial charge in [-0.2, -0.15) is 0 Å². The largest absolute Gasteiger partial charge is 0.328 e. The van der Waals surface area contributed by atoms with Gasteiger partial charge in [0.05, 0.1) is 6.54 Å². The Morgan fingerprint density at radius 3 is 2.53 bits per heavy atom. The molecule has 0 aliphatic rings. The molecule has 2 aromatic rings. The molecule has 90 valence electrons. The van der Waals surface area contributed by atoms with E-state index >= 15 is 0 Å². The van der Waals surface area contributed by atoms with Crippen LogP contribution >= 0.6 is 0 Å². The fourth-order valence-electron chi connectivity index (χ4n) is 1.75. The zero-order chi connectivity index (χ0) is 12.4. The number of aromatic nitrogens is 2. The third-order valence-corrected chi connectivity index (χ3v) is 2.73. The molecule has 2 rings (SSSR count). The molecular formula is C13H15FN2O. The minimum Gasteiger partial charge on any atom is -0.297 e. The molecule has 3 nitrogen and oxygen atoms in total. The summed E-state index contributed by atoms with van der Waals surface area (Å²) < 4.78 is 16.6. The van der Waals surface area contributed by atoms with Gasteiger partial charge in [-0.05, 0) is 19.9 Å². The molecule has 0 bridgehead atoms. The molecular weight excluding hydrogens is 219 g/mol. The van der Waals surface area contributed by atoms with Crippen LogP contribution in [0.4, 0.5) is 4.39 Å². The van der Waals surface area contributed by atoms with Crippen LogP contribution in [0.2, 0.25) is 0 Å². The average molecular weight is 234 g/mol. The Bertz CT molecular complexity index is 569. The summed E-state index contributed by atoms with van der Waals surface area (Å²) in [6.45, 7) is 4.15. The van der Waals surface area contributed by atoms with Gasteiger partial charge in [-0.3, -0.25) is 9.13 Å².